The van der Waals surface area contributed by atoms with Gasteiger partial charge < -0.3 is 15.0 Å². The topological polar surface area (TPSA) is 58.6 Å². The van der Waals surface area contributed by atoms with E-state index in [0.29, 0.717) is 41.0 Å². The highest BCUT2D eigenvalue weighted by Gasteiger charge is 2.50. The number of nitrogens with one attached hydrogen (secondary N) is 1. The molecule has 0 bridgehead atoms. The largest absolute Gasteiger partial charge is 0.496 e. The minimum atomic E-state index is -0.930. The number of amides is 2. The van der Waals surface area contributed by atoms with Gasteiger partial charge in [-0.1, -0.05) is 37.5 Å². The fourth-order valence-corrected chi connectivity index (χ4v) is 4.77. The molecule has 1 heterocycles. The third-order valence-electron chi connectivity index (χ3n) is 6.49. The maximum Gasteiger partial charge on any atom is 0.255 e. The number of alkyl halides is 1. The molecule has 6 heteroatoms. The molecule has 2 aromatic rings. The van der Waals surface area contributed by atoms with Crippen molar-refractivity contribution in [2.24, 2.45) is 0 Å². The third-order valence-corrected chi connectivity index (χ3v) is 6.49. The molecule has 1 fully saturated rings. The number of fused-ring (bicyclic) bond motifs is 1. The standard InChI is InChI=1S/C24H27FN2O3/c1-16-9-10-18(13-21(16)30-2)26-23(29)24(11-4-3-5-12-24)27-15-20-17(14-25)7-6-8-19(20)22(27)28/h6-10,13H,3-5,11-12,14-15H2,1-2H3,(H,26,29). The number of carbonyl (C=O) groups excluding carboxylic acids is 2. The van der Waals surface area contributed by atoms with Crippen LogP contribution in [0.2, 0.25) is 0 Å². The lowest BCUT2D eigenvalue weighted by Gasteiger charge is -2.43. The molecule has 30 heavy (non-hydrogen) atoms. The van der Waals surface area contributed by atoms with Gasteiger partial charge in [-0.2, -0.15) is 0 Å². The van der Waals surface area contributed by atoms with Crippen molar-refractivity contribution in [3.63, 3.8) is 0 Å². The number of rotatable bonds is 5. The van der Waals surface area contributed by atoms with Gasteiger partial charge in [0, 0.05) is 23.9 Å². The van der Waals surface area contributed by atoms with Gasteiger partial charge in [0.15, 0.2) is 0 Å². The van der Waals surface area contributed by atoms with E-state index >= 15 is 0 Å². The molecule has 2 aromatic carbocycles. The van der Waals surface area contributed by atoms with Crippen LogP contribution in [-0.4, -0.2) is 29.4 Å². The lowest BCUT2D eigenvalue weighted by atomic mass is 9.79. The highest BCUT2D eigenvalue weighted by Crippen LogP contribution is 2.41. The zero-order chi connectivity index (χ0) is 21.3. The SMILES string of the molecule is COc1cc(NC(=O)C2(N3Cc4c(CF)cccc4C3=O)CCCCC2)ccc1C. The second-order valence-corrected chi connectivity index (χ2v) is 8.20. The van der Waals surface area contributed by atoms with Crippen molar-refractivity contribution in [2.75, 3.05) is 12.4 Å². The van der Waals surface area contributed by atoms with Crippen molar-refractivity contribution in [1.82, 2.24) is 4.90 Å². The van der Waals surface area contributed by atoms with Crippen LogP contribution < -0.4 is 10.1 Å². The van der Waals surface area contributed by atoms with E-state index in [4.69, 9.17) is 4.74 Å². The van der Waals surface area contributed by atoms with E-state index in [9.17, 15) is 14.0 Å². The molecular weight excluding hydrogens is 383 g/mol. The van der Waals surface area contributed by atoms with E-state index in [-0.39, 0.29) is 18.4 Å². The van der Waals surface area contributed by atoms with Crippen LogP contribution in [0.25, 0.3) is 0 Å². The van der Waals surface area contributed by atoms with Crippen molar-refractivity contribution in [1.29, 1.82) is 0 Å². The van der Waals surface area contributed by atoms with Gasteiger partial charge in [0.05, 0.1) is 7.11 Å². The Morgan fingerprint density at radius 3 is 2.67 bits per heavy atom. The first-order valence-corrected chi connectivity index (χ1v) is 10.4. The lowest BCUT2D eigenvalue weighted by Crippen LogP contribution is -2.58. The van der Waals surface area contributed by atoms with Crippen LogP contribution in [-0.2, 0) is 18.0 Å². The lowest BCUT2D eigenvalue weighted by molar-refractivity contribution is -0.129. The zero-order valence-corrected chi connectivity index (χ0v) is 17.5. The van der Waals surface area contributed by atoms with Crippen molar-refractivity contribution < 1.29 is 18.7 Å². The van der Waals surface area contributed by atoms with Crippen LogP contribution in [0.3, 0.4) is 0 Å². The average molecular weight is 410 g/mol. The first-order chi connectivity index (χ1) is 14.5. The van der Waals surface area contributed by atoms with Crippen LogP contribution in [0.1, 0.15) is 59.2 Å². The molecule has 0 atom stereocenters. The summed E-state index contributed by atoms with van der Waals surface area (Å²) < 4.78 is 18.9. The van der Waals surface area contributed by atoms with Gasteiger partial charge in [0.2, 0.25) is 5.91 Å². The second-order valence-electron chi connectivity index (χ2n) is 8.20. The fourth-order valence-electron chi connectivity index (χ4n) is 4.77. The second kappa shape index (κ2) is 8.09. The van der Waals surface area contributed by atoms with Crippen LogP contribution in [0.4, 0.5) is 10.1 Å². The molecule has 158 valence electrons. The summed E-state index contributed by atoms with van der Waals surface area (Å²) >= 11 is 0. The Hall–Kier alpha value is -2.89. The molecular formula is C24H27FN2O3. The summed E-state index contributed by atoms with van der Waals surface area (Å²) in [5, 5.41) is 3.02. The molecule has 0 saturated heterocycles. The molecule has 1 aliphatic carbocycles. The van der Waals surface area contributed by atoms with Crippen LogP contribution >= 0.6 is 0 Å². The number of methoxy groups -OCH3 is 1. The Kier molecular flexibility index (Phi) is 5.50. The summed E-state index contributed by atoms with van der Waals surface area (Å²) in [5.74, 6) is 0.331. The maximum atomic E-state index is 13.6. The van der Waals surface area contributed by atoms with Crippen molar-refractivity contribution >= 4 is 17.5 Å². The Labute approximate surface area is 176 Å². The summed E-state index contributed by atoms with van der Waals surface area (Å²) in [4.78, 5) is 28.5. The highest BCUT2D eigenvalue weighted by atomic mass is 19.1. The van der Waals surface area contributed by atoms with Crippen LogP contribution in [0.15, 0.2) is 36.4 Å². The van der Waals surface area contributed by atoms with Crippen molar-refractivity contribution in [2.45, 2.75) is 57.8 Å². The van der Waals surface area contributed by atoms with E-state index in [2.05, 4.69) is 5.32 Å². The molecule has 2 amide bonds. The zero-order valence-electron chi connectivity index (χ0n) is 17.5. The van der Waals surface area contributed by atoms with Crippen LogP contribution in [0, 0.1) is 6.92 Å². The Morgan fingerprint density at radius 1 is 1.20 bits per heavy atom. The summed E-state index contributed by atoms with van der Waals surface area (Å²) in [7, 11) is 1.60. The smallest absolute Gasteiger partial charge is 0.255 e. The van der Waals surface area contributed by atoms with Gasteiger partial charge in [-0.25, -0.2) is 4.39 Å². The average Bonchev–Trinajstić information content (AvgIpc) is 3.12. The molecule has 1 N–H and O–H groups in total. The molecule has 1 aliphatic heterocycles. The minimum Gasteiger partial charge on any atom is -0.496 e. The van der Waals surface area contributed by atoms with Crippen LogP contribution in [0.5, 0.6) is 5.75 Å². The Balaban J connectivity index is 1.67. The van der Waals surface area contributed by atoms with Gasteiger partial charge in [0.25, 0.3) is 5.91 Å². The van der Waals surface area contributed by atoms with E-state index in [0.717, 1.165) is 24.8 Å². The molecule has 5 nitrogen and oxygen atoms in total. The molecule has 1 saturated carbocycles. The highest BCUT2D eigenvalue weighted by molar-refractivity contribution is 6.06. The Morgan fingerprint density at radius 2 is 1.97 bits per heavy atom. The number of carbonyl (C=O) groups is 2. The van der Waals surface area contributed by atoms with E-state index in [1.165, 1.54) is 0 Å². The predicted octanol–water partition coefficient (Wildman–Crippen LogP) is 4.77. The van der Waals surface area contributed by atoms with Gasteiger partial charge in [-0.3, -0.25) is 9.59 Å². The first-order valence-electron chi connectivity index (χ1n) is 10.4. The summed E-state index contributed by atoms with van der Waals surface area (Å²) in [6, 6.07) is 10.7. The number of anilines is 1. The number of hydrogen-bond acceptors (Lipinski definition) is 3. The molecule has 0 aromatic heterocycles. The quantitative estimate of drug-likeness (QED) is 0.772. The predicted molar refractivity (Wildman–Crippen MR) is 113 cm³/mol. The van der Waals surface area contributed by atoms with Crippen molar-refractivity contribution in [3.8, 4) is 5.75 Å². The number of hydrogen-bond donors (Lipinski definition) is 1. The maximum absolute atomic E-state index is 13.6. The number of aryl methyl sites for hydroxylation is 1. The molecule has 4 rings (SSSR count). The normalized spacial score (nSPS) is 17.6. The summed E-state index contributed by atoms with van der Waals surface area (Å²) in [6.45, 7) is 1.60. The van der Waals surface area contributed by atoms with Crippen molar-refractivity contribution in [3.05, 3.63) is 58.7 Å². The van der Waals surface area contributed by atoms with Gasteiger partial charge in [-0.05, 0) is 48.6 Å². The number of halogens is 1. The van der Waals surface area contributed by atoms with E-state index in [1.54, 1.807) is 36.3 Å². The number of ether oxygens (including phenoxy) is 1. The molecule has 0 spiro atoms. The minimum absolute atomic E-state index is 0.182. The molecule has 0 unspecified atom stereocenters. The Bertz CT molecular complexity index is 982. The molecule has 2 aliphatic rings. The number of benzene rings is 2. The fraction of sp³-hybridized carbons (Fsp3) is 0.417. The van der Waals surface area contributed by atoms with Gasteiger partial charge in [-0.15, -0.1) is 0 Å². The van der Waals surface area contributed by atoms with E-state index in [1.807, 2.05) is 19.1 Å². The molecule has 0 radical (unpaired) electrons. The summed E-state index contributed by atoms with van der Waals surface area (Å²) in [6.07, 6.45) is 4.00. The first kappa shape index (κ1) is 20.4. The van der Waals surface area contributed by atoms with E-state index < -0.39 is 12.2 Å². The number of nitrogens with zero attached hydrogens (tertiary/aromatic N) is 1. The van der Waals surface area contributed by atoms with Gasteiger partial charge in [0.1, 0.15) is 18.0 Å². The monoisotopic (exact) mass is 410 g/mol. The summed E-state index contributed by atoms with van der Waals surface area (Å²) in [5.41, 5.74) is 2.44. The third kappa shape index (κ3) is 3.34. The van der Waals surface area contributed by atoms with Gasteiger partial charge >= 0.3 is 0 Å².